The molecule has 4 heterocycles. The molecule has 1 saturated heterocycles. The number of sulfonamides is 1. The maximum Gasteiger partial charge on any atom is 0.272 e. The molecule has 10 nitrogen and oxygen atoms in total. The van der Waals surface area contributed by atoms with Crippen LogP contribution in [-0.2, 0) is 23.0 Å². The number of hydrazine groups is 1. The number of hydrogen-bond acceptors (Lipinski definition) is 6. The molecule has 5 rings (SSSR count). The Morgan fingerprint density at radius 1 is 0.886 bits per heavy atom. The Morgan fingerprint density at radius 2 is 1.57 bits per heavy atom. The van der Waals surface area contributed by atoms with Crippen LogP contribution >= 0.6 is 0 Å². The van der Waals surface area contributed by atoms with Gasteiger partial charge < -0.3 is 4.57 Å². The van der Waals surface area contributed by atoms with Crippen LogP contribution in [0.25, 0.3) is 11.2 Å². The molecule has 1 aromatic carbocycles. The van der Waals surface area contributed by atoms with Gasteiger partial charge in [-0.05, 0) is 62.9 Å². The molecule has 0 radical (unpaired) electrons. The first kappa shape index (κ1) is 23.4. The topological polar surface area (TPSA) is 126 Å². The van der Waals surface area contributed by atoms with Gasteiger partial charge in [-0.3, -0.25) is 20.4 Å². The van der Waals surface area contributed by atoms with Crippen molar-refractivity contribution in [2.75, 3.05) is 13.1 Å². The van der Waals surface area contributed by atoms with Gasteiger partial charge in [-0.25, -0.2) is 18.4 Å². The Hall–Kier alpha value is -3.31. The van der Waals surface area contributed by atoms with Crippen molar-refractivity contribution in [2.45, 2.75) is 56.9 Å². The van der Waals surface area contributed by atoms with Crippen molar-refractivity contribution in [2.24, 2.45) is 0 Å². The number of amides is 2. The normalized spacial score (nSPS) is 16.6. The summed E-state index contributed by atoms with van der Waals surface area (Å²) in [6.07, 6.45) is 5.79. The van der Waals surface area contributed by atoms with E-state index in [2.05, 4.69) is 20.4 Å². The Morgan fingerprint density at radius 3 is 2.31 bits per heavy atom. The van der Waals surface area contributed by atoms with Crippen molar-refractivity contribution in [3.8, 4) is 0 Å². The number of fused-ring (bicyclic) bond motifs is 3. The molecule has 184 valence electrons. The van der Waals surface area contributed by atoms with Crippen LogP contribution in [-0.4, -0.2) is 52.2 Å². The average molecular weight is 497 g/mol. The summed E-state index contributed by atoms with van der Waals surface area (Å²) in [6.45, 7) is 3.67. The monoisotopic (exact) mass is 496 g/mol. The third kappa shape index (κ3) is 4.53. The highest BCUT2D eigenvalue weighted by molar-refractivity contribution is 7.89. The van der Waals surface area contributed by atoms with Crippen LogP contribution in [0.4, 0.5) is 0 Å². The fourth-order valence-electron chi connectivity index (χ4n) is 4.70. The van der Waals surface area contributed by atoms with E-state index in [0.717, 1.165) is 50.9 Å². The summed E-state index contributed by atoms with van der Waals surface area (Å²) in [5, 5.41) is 0. The third-order valence-corrected chi connectivity index (χ3v) is 8.46. The number of pyridine rings is 1. The van der Waals surface area contributed by atoms with E-state index in [4.69, 9.17) is 4.98 Å². The van der Waals surface area contributed by atoms with Gasteiger partial charge in [-0.1, -0.05) is 6.42 Å². The molecule has 2 amide bonds. The van der Waals surface area contributed by atoms with Gasteiger partial charge in [-0.15, -0.1) is 0 Å². The van der Waals surface area contributed by atoms with Gasteiger partial charge in [-0.2, -0.15) is 4.31 Å². The first-order valence-corrected chi connectivity index (χ1v) is 13.4. The van der Waals surface area contributed by atoms with Crippen molar-refractivity contribution in [3.05, 3.63) is 53.0 Å². The van der Waals surface area contributed by atoms with Crippen molar-refractivity contribution >= 4 is 33.0 Å². The van der Waals surface area contributed by atoms with E-state index in [1.165, 1.54) is 28.6 Å². The minimum Gasteiger partial charge on any atom is -0.313 e. The molecule has 0 atom stereocenters. The molecular weight excluding hydrogens is 468 g/mol. The standard InChI is InChI=1S/C24H28N6O4S/c1-16-15-19(21-22(25-16)30-14-4-2-3-7-20(30)26-21)24(32)28-27-23(31)17-8-10-18(11-9-17)35(33,34)29-12-5-6-13-29/h8-11,15H,2-7,12-14H2,1H3,(H,27,31)(H,28,32). The predicted molar refractivity (Wildman–Crippen MR) is 129 cm³/mol. The average Bonchev–Trinajstić information content (AvgIpc) is 3.45. The first-order valence-electron chi connectivity index (χ1n) is 11.9. The zero-order valence-corrected chi connectivity index (χ0v) is 20.4. The lowest BCUT2D eigenvalue weighted by Crippen LogP contribution is -2.41. The molecule has 3 aromatic rings. The Bertz CT molecular complexity index is 1390. The number of hydrogen-bond donors (Lipinski definition) is 2. The maximum absolute atomic E-state index is 13.0. The van der Waals surface area contributed by atoms with E-state index in [1.807, 2.05) is 6.92 Å². The lowest BCUT2D eigenvalue weighted by Gasteiger charge is -2.15. The highest BCUT2D eigenvalue weighted by atomic mass is 32.2. The van der Waals surface area contributed by atoms with Crippen molar-refractivity contribution < 1.29 is 18.0 Å². The molecule has 0 spiro atoms. The maximum atomic E-state index is 13.0. The van der Waals surface area contributed by atoms with Crippen LogP contribution in [0.1, 0.15) is 64.3 Å². The predicted octanol–water partition coefficient (Wildman–Crippen LogP) is 2.33. The molecule has 1 fully saturated rings. The highest BCUT2D eigenvalue weighted by Gasteiger charge is 2.27. The third-order valence-electron chi connectivity index (χ3n) is 6.55. The number of carbonyl (C=O) groups is 2. The number of nitrogens with zero attached hydrogens (tertiary/aromatic N) is 4. The number of imidazole rings is 1. The van der Waals surface area contributed by atoms with Gasteiger partial charge in [0, 0.05) is 37.3 Å². The second-order valence-corrected chi connectivity index (χ2v) is 11.0. The zero-order chi connectivity index (χ0) is 24.6. The summed E-state index contributed by atoms with van der Waals surface area (Å²) < 4.78 is 28.9. The van der Waals surface area contributed by atoms with Crippen LogP contribution < -0.4 is 10.9 Å². The van der Waals surface area contributed by atoms with Crippen LogP contribution in [0.3, 0.4) is 0 Å². The molecule has 2 aromatic heterocycles. The van der Waals surface area contributed by atoms with E-state index in [-0.39, 0.29) is 10.5 Å². The van der Waals surface area contributed by atoms with Crippen LogP contribution in [0, 0.1) is 6.92 Å². The van der Waals surface area contributed by atoms with Crippen LogP contribution in [0.15, 0.2) is 35.2 Å². The quantitative estimate of drug-likeness (QED) is 0.534. The fourth-order valence-corrected chi connectivity index (χ4v) is 6.21. The SMILES string of the molecule is Cc1cc(C(=O)NNC(=O)c2ccc(S(=O)(=O)N3CCCC3)cc2)c2nc3n(c2n1)CCCCC3. The summed E-state index contributed by atoms with van der Waals surface area (Å²) >= 11 is 0. The highest BCUT2D eigenvalue weighted by Crippen LogP contribution is 2.24. The minimum absolute atomic E-state index is 0.147. The van der Waals surface area contributed by atoms with Crippen LogP contribution in [0.2, 0.25) is 0 Å². The van der Waals surface area contributed by atoms with Crippen molar-refractivity contribution in [3.63, 3.8) is 0 Å². The van der Waals surface area contributed by atoms with Crippen molar-refractivity contribution in [1.82, 2.24) is 29.7 Å². The second kappa shape index (κ2) is 9.38. The van der Waals surface area contributed by atoms with E-state index in [1.54, 1.807) is 6.07 Å². The Kier molecular flexibility index (Phi) is 6.28. The lowest BCUT2D eigenvalue weighted by atomic mass is 10.2. The van der Waals surface area contributed by atoms with E-state index < -0.39 is 21.8 Å². The number of benzene rings is 1. The van der Waals surface area contributed by atoms with Gasteiger partial charge >= 0.3 is 0 Å². The van der Waals surface area contributed by atoms with E-state index >= 15 is 0 Å². The number of nitrogens with one attached hydrogen (secondary N) is 2. The molecule has 0 unspecified atom stereocenters. The number of aromatic nitrogens is 3. The number of carbonyl (C=O) groups excluding carboxylic acids is 2. The Balaban J connectivity index is 1.30. The summed E-state index contributed by atoms with van der Waals surface area (Å²) in [6, 6.07) is 7.36. The molecular formula is C24H28N6O4S. The van der Waals surface area contributed by atoms with E-state index in [9.17, 15) is 18.0 Å². The molecule has 11 heteroatoms. The molecule has 35 heavy (non-hydrogen) atoms. The summed E-state index contributed by atoms with van der Waals surface area (Å²) in [5.74, 6) is -0.112. The van der Waals surface area contributed by atoms with Gasteiger partial charge in [0.2, 0.25) is 10.0 Å². The second-order valence-electron chi connectivity index (χ2n) is 9.02. The molecule has 0 saturated carbocycles. The summed E-state index contributed by atoms with van der Waals surface area (Å²) in [4.78, 5) is 35.0. The molecule has 2 aliphatic rings. The smallest absolute Gasteiger partial charge is 0.272 e. The number of rotatable bonds is 4. The van der Waals surface area contributed by atoms with Crippen molar-refractivity contribution in [1.29, 1.82) is 0 Å². The van der Waals surface area contributed by atoms with Gasteiger partial charge in [0.15, 0.2) is 5.65 Å². The van der Waals surface area contributed by atoms with E-state index in [0.29, 0.717) is 35.5 Å². The molecule has 0 bridgehead atoms. The zero-order valence-electron chi connectivity index (χ0n) is 19.6. The summed E-state index contributed by atoms with van der Waals surface area (Å²) in [7, 11) is -3.55. The van der Waals surface area contributed by atoms with Gasteiger partial charge in [0.1, 0.15) is 11.3 Å². The Labute approximate surface area is 203 Å². The first-order chi connectivity index (χ1) is 16.8. The largest absolute Gasteiger partial charge is 0.313 e. The summed E-state index contributed by atoms with van der Waals surface area (Å²) in [5.41, 5.74) is 7.35. The minimum atomic E-state index is -3.55. The molecule has 2 aliphatic heterocycles. The molecule has 0 aliphatic carbocycles. The fraction of sp³-hybridized carbons (Fsp3) is 0.417. The van der Waals surface area contributed by atoms with Gasteiger partial charge in [0.25, 0.3) is 11.8 Å². The van der Waals surface area contributed by atoms with Crippen LogP contribution in [0.5, 0.6) is 0 Å². The number of aryl methyl sites for hydroxylation is 3. The lowest BCUT2D eigenvalue weighted by molar-refractivity contribution is 0.0847. The van der Waals surface area contributed by atoms with Gasteiger partial charge in [0.05, 0.1) is 10.5 Å². The molecule has 2 N–H and O–H groups in total.